The minimum absolute atomic E-state index is 0.0695. The summed E-state index contributed by atoms with van der Waals surface area (Å²) in [6, 6.07) is 13.0. The van der Waals surface area contributed by atoms with Crippen LogP contribution in [0.3, 0.4) is 0 Å². The van der Waals surface area contributed by atoms with Crippen LogP contribution in [0.25, 0.3) is 6.08 Å². The van der Waals surface area contributed by atoms with Gasteiger partial charge in [-0.1, -0.05) is 25.8 Å². The predicted octanol–water partition coefficient (Wildman–Crippen LogP) is 5.28. The third kappa shape index (κ3) is 6.92. The topological polar surface area (TPSA) is 89.8 Å². The van der Waals surface area contributed by atoms with Crippen molar-refractivity contribution in [2.75, 3.05) is 20.8 Å². The minimum atomic E-state index is -0.338. The number of carbonyl (C=O) groups is 1. The van der Waals surface area contributed by atoms with Crippen LogP contribution >= 0.6 is 0 Å². The second kappa shape index (κ2) is 12.7. The number of benzene rings is 2. The molecule has 0 spiro atoms. The molecule has 1 aliphatic carbocycles. The Bertz CT molecular complexity index is 1090. The molecule has 1 aliphatic rings. The molecular weight excluding hydrogens is 444 g/mol. The van der Waals surface area contributed by atoms with Crippen LogP contribution in [0.4, 0.5) is 0 Å². The zero-order valence-corrected chi connectivity index (χ0v) is 20.9. The summed E-state index contributed by atoms with van der Waals surface area (Å²) in [6.45, 7) is 4.73. The van der Waals surface area contributed by atoms with Crippen LogP contribution in [-0.4, -0.2) is 32.8 Å². The van der Waals surface area contributed by atoms with E-state index >= 15 is 0 Å². The molecule has 0 saturated heterocycles. The maximum atomic E-state index is 12.8. The van der Waals surface area contributed by atoms with E-state index in [9.17, 15) is 10.1 Å². The predicted molar refractivity (Wildman–Crippen MR) is 135 cm³/mol. The fourth-order valence-corrected chi connectivity index (χ4v) is 4.24. The summed E-state index contributed by atoms with van der Waals surface area (Å²) < 4.78 is 22.6. The van der Waals surface area contributed by atoms with Crippen molar-refractivity contribution in [3.63, 3.8) is 0 Å². The van der Waals surface area contributed by atoms with Crippen LogP contribution in [0, 0.1) is 17.2 Å². The van der Waals surface area contributed by atoms with Gasteiger partial charge in [-0.15, -0.1) is 0 Å². The quantitative estimate of drug-likeness (QED) is 0.369. The van der Waals surface area contributed by atoms with E-state index in [1.54, 1.807) is 38.5 Å². The maximum absolute atomic E-state index is 12.8. The zero-order chi connectivity index (χ0) is 25.2. The molecule has 0 aromatic heterocycles. The highest BCUT2D eigenvalue weighted by Crippen LogP contribution is 2.32. The number of rotatable bonds is 10. The molecule has 0 heterocycles. The second-order valence-electron chi connectivity index (χ2n) is 8.62. The Morgan fingerprint density at radius 3 is 2.51 bits per heavy atom. The van der Waals surface area contributed by atoms with Gasteiger partial charge < -0.3 is 24.3 Å². The summed E-state index contributed by atoms with van der Waals surface area (Å²) in [5, 5.41) is 12.7. The summed E-state index contributed by atoms with van der Waals surface area (Å²) in [4.78, 5) is 12.8. The summed E-state index contributed by atoms with van der Waals surface area (Å²) in [6.07, 6.45) is 5.91. The Balaban J connectivity index is 1.77. The minimum Gasteiger partial charge on any atom is -0.497 e. The number of methoxy groups -OCH3 is 2. The molecule has 0 radical (unpaired) electrons. The Labute approximate surface area is 207 Å². The monoisotopic (exact) mass is 478 g/mol. The van der Waals surface area contributed by atoms with Crippen molar-refractivity contribution < 1.29 is 23.7 Å². The molecule has 3 rings (SSSR count). The summed E-state index contributed by atoms with van der Waals surface area (Å²) in [5.74, 6) is 2.56. The number of nitrogens with one attached hydrogen (secondary N) is 1. The normalized spacial score (nSPS) is 17.7. The highest BCUT2D eigenvalue weighted by atomic mass is 16.5. The molecule has 1 saturated carbocycles. The Morgan fingerprint density at radius 1 is 1.06 bits per heavy atom. The summed E-state index contributed by atoms with van der Waals surface area (Å²) >= 11 is 0. The van der Waals surface area contributed by atoms with Gasteiger partial charge in [-0.3, -0.25) is 4.79 Å². The number of hydrogen-bond donors (Lipinski definition) is 1. The van der Waals surface area contributed by atoms with Crippen LogP contribution in [0.5, 0.6) is 23.0 Å². The van der Waals surface area contributed by atoms with E-state index in [1.165, 1.54) is 6.42 Å². The Kier molecular flexibility index (Phi) is 9.42. The molecule has 7 heteroatoms. The van der Waals surface area contributed by atoms with E-state index in [-0.39, 0.29) is 24.1 Å². The third-order valence-corrected chi connectivity index (χ3v) is 6.24. The van der Waals surface area contributed by atoms with Crippen molar-refractivity contribution >= 4 is 12.0 Å². The second-order valence-corrected chi connectivity index (χ2v) is 8.62. The summed E-state index contributed by atoms with van der Waals surface area (Å²) in [7, 11) is 3.22. The van der Waals surface area contributed by atoms with E-state index < -0.39 is 0 Å². The molecule has 2 aromatic carbocycles. The van der Waals surface area contributed by atoms with E-state index in [0.717, 1.165) is 24.8 Å². The molecule has 1 amide bonds. The van der Waals surface area contributed by atoms with Gasteiger partial charge in [0.15, 0.2) is 11.5 Å². The first-order chi connectivity index (χ1) is 17.0. The van der Waals surface area contributed by atoms with Gasteiger partial charge in [0.1, 0.15) is 29.7 Å². The highest BCUT2D eigenvalue weighted by Gasteiger charge is 2.24. The van der Waals surface area contributed by atoms with Gasteiger partial charge in [-0.2, -0.15) is 5.26 Å². The first kappa shape index (κ1) is 26.0. The number of nitrogens with zero attached hydrogens (tertiary/aromatic N) is 1. The molecule has 0 unspecified atom stereocenters. The number of amides is 1. The average molecular weight is 479 g/mol. The van der Waals surface area contributed by atoms with E-state index in [1.807, 2.05) is 31.2 Å². The van der Waals surface area contributed by atoms with Gasteiger partial charge in [0.25, 0.3) is 5.91 Å². The smallest absolute Gasteiger partial charge is 0.262 e. The van der Waals surface area contributed by atoms with Crippen LogP contribution < -0.4 is 24.3 Å². The molecule has 0 bridgehead atoms. The zero-order valence-electron chi connectivity index (χ0n) is 20.9. The van der Waals surface area contributed by atoms with Crippen LogP contribution in [0.1, 0.15) is 50.7 Å². The van der Waals surface area contributed by atoms with Crippen molar-refractivity contribution in [1.82, 2.24) is 5.32 Å². The SMILES string of the molecule is CCOc1cc(/C=C(\C#N)C(=O)N[C@H]2CCCC[C@H]2C)ccc1OCc1cc(OC)ccc1OC. The largest absolute Gasteiger partial charge is 0.497 e. The first-order valence-electron chi connectivity index (χ1n) is 12.0. The van der Waals surface area contributed by atoms with Gasteiger partial charge in [0.2, 0.25) is 0 Å². The first-order valence-corrected chi connectivity index (χ1v) is 12.0. The van der Waals surface area contributed by atoms with Crippen LogP contribution in [0.15, 0.2) is 42.0 Å². The standard InChI is InChI=1S/C28H34N2O5/c1-5-34-27-15-20(14-21(17-29)28(31)30-24-9-7-6-8-19(24)2)10-12-26(27)35-18-22-16-23(32-3)11-13-25(22)33-4/h10-16,19,24H,5-9,18H2,1-4H3,(H,30,31)/b21-14+/t19-,24+/m1/s1. The maximum Gasteiger partial charge on any atom is 0.262 e. The van der Waals surface area contributed by atoms with E-state index in [2.05, 4.69) is 12.2 Å². The van der Waals surface area contributed by atoms with Gasteiger partial charge >= 0.3 is 0 Å². The van der Waals surface area contributed by atoms with Crippen molar-refractivity contribution in [1.29, 1.82) is 5.26 Å². The number of nitriles is 1. The lowest BCUT2D eigenvalue weighted by Gasteiger charge is -2.29. The number of carbonyl (C=O) groups excluding carboxylic acids is 1. The Hall–Kier alpha value is -3.66. The lowest BCUT2D eigenvalue weighted by molar-refractivity contribution is -0.118. The Morgan fingerprint density at radius 2 is 1.83 bits per heavy atom. The summed E-state index contributed by atoms with van der Waals surface area (Å²) in [5.41, 5.74) is 1.59. The van der Waals surface area contributed by atoms with Crippen molar-refractivity contribution in [3.8, 4) is 29.1 Å². The molecular formula is C28H34N2O5. The molecule has 7 nitrogen and oxygen atoms in total. The van der Waals surface area contributed by atoms with Crippen molar-refractivity contribution in [2.24, 2.45) is 5.92 Å². The van der Waals surface area contributed by atoms with Gasteiger partial charge in [0.05, 0.1) is 20.8 Å². The average Bonchev–Trinajstić information content (AvgIpc) is 2.88. The lowest BCUT2D eigenvalue weighted by atomic mass is 9.86. The van der Waals surface area contributed by atoms with Crippen molar-refractivity contribution in [2.45, 2.75) is 52.2 Å². The van der Waals surface area contributed by atoms with E-state index in [0.29, 0.717) is 41.1 Å². The molecule has 2 aromatic rings. The van der Waals surface area contributed by atoms with E-state index in [4.69, 9.17) is 18.9 Å². The molecule has 186 valence electrons. The van der Waals surface area contributed by atoms with Gasteiger partial charge in [0, 0.05) is 11.6 Å². The number of hydrogen-bond acceptors (Lipinski definition) is 6. The highest BCUT2D eigenvalue weighted by molar-refractivity contribution is 6.01. The fourth-order valence-electron chi connectivity index (χ4n) is 4.24. The number of ether oxygens (including phenoxy) is 4. The fraction of sp³-hybridized carbons (Fsp3) is 0.429. The lowest BCUT2D eigenvalue weighted by Crippen LogP contribution is -2.41. The third-order valence-electron chi connectivity index (χ3n) is 6.24. The molecule has 1 N–H and O–H groups in total. The van der Waals surface area contributed by atoms with Crippen molar-refractivity contribution in [3.05, 3.63) is 53.1 Å². The van der Waals surface area contributed by atoms with Crippen LogP contribution in [-0.2, 0) is 11.4 Å². The van der Waals surface area contributed by atoms with Gasteiger partial charge in [-0.05, 0) is 67.7 Å². The van der Waals surface area contributed by atoms with Crippen LogP contribution in [0.2, 0.25) is 0 Å². The molecule has 35 heavy (non-hydrogen) atoms. The molecule has 0 aliphatic heterocycles. The molecule has 1 fully saturated rings. The van der Waals surface area contributed by atoms with Gasteiger partial charge in [-0.25, -0.2) is 0 Å². The molecule has 2 atom stereocenters.